The zero-order valence-electron chi connectivity index (χ0n) is 16.1. The van der Waals surface area contributed by atoms with Crippen molar-refractivity contribution in [3.05, 3.63) is 60.4 Å². The van der Waals surface area contributed by atoms with Gasteiger partial charge in [-0.1, -0.05) is 0 Å². The number of pyridine rings is 1. The smallest absolute Gasteiger partial charge is 0.257 e. The maximum Gasteiger partial charge on any atom is 0.257 e. The number of nitrogens with zero attached hydrogens (tertiary/aromatic N) is 3. The van der Waals surface area contributed by atoms with Crippen LogP contribution in [-0.4, -0.2) is 40.1 Å². The summed E-state index contributed by atoms with van der Waals surface area (Å²) in [5, 5.41) is 3.47. The van der Waals surface area contributed by atoms with Crippen LogP contribution in [0.1, 0.15) is 29.8 Å². The maximum absolute atomic E-state index is 13.4. The Bertz CT molecular complexity index is 984. The predicted octanol–water partition coefficient (Wildman–Crippen LogP) is 3.59. The van der Waals surface area contributed by atoms with Crippen molar-refractivity contribution >= 4 is 11.6 Å². The third kappa shape index (κ3) is 3.19. The van der Waals surface area contributed by atoms with Crippen LogP contribution in [0.4, 0.5) is 5.69 Å². The summed E-state index contributed by atoms with van der Waals surface area (Å²) in [6.07, 6.45) is 7.25. The zero-order valence-corrected chi connectivity index (χ0v) is 16.1. The first-order valence-corrected chi connectivity index (χ1v) is 9.09. The quantitative estimate of drug-likeness (QED) is 0.731. The van der Waals surface area contributed by atoms with Gasteiger partial charge in [-0.15, -0.1) is 0 Å². The van der Waals surface area contributed by atoms with Gasteiger partial charge in [-0.25, -0.2) is 4.98 Å². The third-order valence-corrected chi connectivity index (χ3v) is 5.00. The SMILES string of the molecule is COc1cc2c(cc1-c1cnco1)C(=O)N(CCc1ccncc1)C(C)(C)N2. The van der Waals surface area contributed by atoms with Crippen molar-refractivity contribution in [3.63, 3.8) is 0 Å². The molecule has 4 rings (SSSR count). The van der Waals surface area contributed by atoms with E-state index < -0.39 is 5.66 Å². The lowest BCUT2D eigenvalue weighted by Gasteiger charge is -2.44. The molecule has 0 saturated carbocycles. The molecule has 1 aliphatic heterocycles. The molecule has 0 bridgehead atoms. The molecule has 0 fully saturated rings. The fourth-order valence-electron chi connectivity index (χ4n) is 3.54. The number of methoxy groups -OCH3 is 1. The highest BCUT2D eigenvalue weighted by Crippen LogP contribution is 2.39. The molecule has 28 heavy (non-hydrogen) atoms. The van der Waals surface area contributed by atoms with E-state index in [2.05, 4.69) is 15.3 Å². The van der Waals surface area contributed by atoms with Gasteiger partial charge in [0.25, 0.3) is 5.91 Å². The van der Waals surface area contributed by atoms with Gasteiger partial charge in [0.2, 0.25) is 0 Å². The van der Waals surface area contributed by atoms with E-state index in [-0.39, 0.29) is 5.91 Å². The Kier molecular flexibility index (Phi) is 4.50. The monoisotopic (exact) mass is 378 g/mol. The summed E-state index contributed by atoms with van der Waals surface area (Å²) in [5.41, 5.74) is 2.64. The lowest BCUT2D eigenvalue weighted by molar-refractivity contribution is 0.0579. The first kappa shape index (κ1) is 18.0. The van der Waals surface area contributed by atoms with Gasteiger partial charge < -0.3 is 19.4 Å². The number of carbonyl (C=O) groups is 1. The minimum Gasteiger partial charge on any atom is -0.496 e. The van der Waals surface area contributed by atoms with Crippen LogP contribution in [0.25, 0.3) is 11.3 Å². The molecule has 0 atom stereocenters. The van der Waals surface area contributed by atoms with E-state index >= 15 is 0 Å². The molecule has 1 amide bonds. The van der Waals surface area contributed by atoms with Gasteiger partial charge in [0, 0.05) is 25.0 Å². The van der Waals surface area contributed by atoms with Crippen molar-refractivity contribution in [2.45, 2.75) is 25.9 Å². The van der Waals surface area contributed by atoms with Crippen LogP contribution in [0.3, 0.4) is 0 Å². The number of ether oxygens (including phenoxy) is 1. The number of amides is 1. The summed E-state index contributed by atoms with van der Waals surface area (Å²) in [6.45, 7) is 4.58. The van der Waals surface area contributed by atoms with Gasteiger partial charge in [-0.05, 0) is 44.0 Å². The average Bonchev–Trinajstić information content (AvgIpc) is 3.22. The molecule has 0 saturated heterocycles. The van der Waals surface area contributed by atoms with E-state index in [1.165, 1.54) is 6.39 Å². The van der Waals surface area contributed by atoms with Crippen LogP contribution in [0.2, 0.25) is 0 Å². The van der Waals surface area contributed by atoms with Gasteiger partial charge in [-0.3, -0.25) is 9.78 Å². The van der Waals surface area contributed by atoms with Crippen molar-refractivity contribution < 1.29 is 13.9 Å². The van der Waals surface area contributed by atoms with Gasteiger partial charge in [0.15, 0.2) is 12.2 Å². The highest BCUT2D eigenvalue weighted by molar-refractivity contribution is 6.04. The van der Waals surface area contributed by atoms with Gasteiger partial charge in [0.05, 0.1) is 30.1 Å². The zero-order chi connectivity index (χ0) is 19.7. The molecule has 3 heterocycles. The minimum absolute atomic E-state index is 0.0313. The molecule has 7 nitrogen and oxygen atoms in total. The first-order valence-electron chi connectivity index (χ1n) is 9.09. The molecule has 0 spiro atoms. The van der Waals surface area contributed by atoms with Crippen LogP contribution < -0.4 is 10.1 Å². The Labute approximate surface area is 163 Å². The van der Waals surface area contributed by atoms with Crippen molar-refractivity contribution in [1.82, 2.24) is 14.9 Å². The standard InChI is InChI=1S/C21H22N4O3/c1-21(2)24-17-11-18(27-3)16(19-12-23-13-28-19)10-15(17)20(26)25(21)9-6-14-4-7-22-8-5-14/h4-5,7-8,10-13,24H,6,9H2,1-3H3. The summed E-state index contributed by atoms with van der Waals surface area (Å²) in [7, 11) is 1.60. The van der Waals surface area contributed by atoms with Crippen molar-refractivity contribution in [1.29, 1.82) is 0 Å². The molecule has 144 valence electrons. The molecule has 1 aliphatic rings. The van der Waals surface area contributed by atoms with Gasteiger partial charge in [0.1, 0.15) is 11.4 Å². The fourth-order valence-corrected chi connectivity index (χ4v) is 3.54. The third-order valence-electron chi connectivity index (χ3n) is 5.00. The van der Waals surface area contributed by atoms with Crippen molar-refractivity contribution in [2.75, 3.05) is 19.0 Å². The van der Waals surface area contributed by atoms with Crippen molar-refractivity contribution in [3.8, 4) is 17.1 Å². The normalized spacial score (nSPS) is 15.1. The molecule has 7 heteroatoms. The van der Waals surface area contributed by atoms with E-state index in [1.54, 1.807) is 31.8 Å². The summed E-state index contributed by atoms with van der Waals surface area (Å²) in [6, 6.07) is 7.58. The van der Waals surface area contributed by atoms with E-state index in [9.17, 15) is 4.79 Å². The van der Waals surface area contributed by atoms with E-state index in [0.29, 0.717) is 29.2 Å². The van der Waals surface area contributed by atoms with Crippen molar-refractivity contribution in [2.24, 2.45) is 0 Å². The Morgan fingerprint density at radius 3 is 2.64 bits per heavy atom. The fraction of sp³-hybridized carbons (Fsp3) is 0.286. The lowest BCUT2D eigenvalue weighted by Crippen LogP contribution is -2.56. The second-order valence-corrected chi connectivity index (χ2v) is 7.21. The number of fused-ring (bicyclic) bond motifs is 1. The molecular weight excluding hydrogens is 356 g/mol. The van der Waals surface area contributed by atoms with E-state index in [0.717, 1.165) is 17.7 Å². The molecular formula is C21H22N4O3. The summed E-state index contributed by atoms with van der Waals surface area (Å²) in [5.74, 6) is 1.15. The maximum atomic E-state index is 13.4. The minimum atomic E-state index is -0.532. The summed E-state index contributed by atoms with van der Waals surface area (Å²) < 4.78 is 10.9. The molecule has 0 radical (unpaired) electrons. The second kappa shape index (κ2) is 6.99. The number of hydrogen-bond donors (Lipinski definition) is 1. The van der Waals surface area contributed by atoms with E-state index in [4.69, 9.17) is 9.15 Å². The van der Waals surface area contributed by atoms with E-state index in [1.807, 2.05) is 36.9 Å². The molecule has 1 aromatic carbocycles. The average molecular weight is 378 g/mol. The highest BCUT2D eigenvalue weighted by atomic mass is 16.5. The topological polar surface area (TPSA) is 80.5 Å². The molecule has 0 unspecified atom stereocenters. The van der Waals surface area contributed by atoms with Crippen LogP contribution in [-0.2, 0) is 6.42 Å². The number of nitrogens with one attached hydrogen (secondary N) is 1. The van der Waals surface area contributed by atoms with Crippen LogP contribution in [0.15, 0.2) is 53.7 Å². The summed E-state index contributed by atoms with van der Waals surface area (Å²) in [4.78, 5) is 23.2. The number of anilines is 1. The lowest BCUT2D eigenvalue weighted by atomic mass is 9.97. The number of carbonyl (C=O) groups excluding carboxylic acids is 1. The largest absolute Gasteiger partial charge is 0.496 e. The van der Waals surface area contributed by atoms with Crippen LogP contribution in [0, 0.1) is 0 Å². The molecule has 2 aromatic heterocycles. The summed E-state index contributed by atoms with van der Waals surface area (Å²) >= 11 is 0. The Hall–Kier alpha value is -3.35. The number of hydrogen-bond acceptors (Lipinski definition) is 6. The van der Waals surface area contributed by atoms with Crippen LogP contribution >= 0.6 is 0 Å². The molecule has 1 N–H and O–H groups in total. The van der Waals surface area contributed by atoms with Crippen LogP contribution in [0.5, 0.6) is 5.75 Å². The number of oxazole rings is 1. The molecule has 3 aromatic rings. The Balaban J connectivity index is 1.69. The second-order valence-electron chi connectivity index (χ2n) is 7.21. The first-order chi connectivity index (χ1) is 13.5. The Morgan fingerprint density at radius 2 is 1.96 bits per heavy atom. The number of benzene rings is 1. The highest BCUT2D eigenvalue weighted by Gasteiger charge is 2.38. The predicted molar refractivity (Wildman–Crippen MR) is 105 cm³/mol. The molecule has 0 aliphatic carbocycles. The Morgan fingerprint density at radius 1 is 1.18 bits per heavy atom. The number of rotatable bonds is 5. The number of aromatic nitrogens is 2. The van der Waals surface area contributed by atoms with Gasteiger partial charge in [-0.2, -0.15) is 0 Å². The van der Waals surface area contributed by atoms with Gasteiger partial charge >= 0.3 is 0 Å².